The van der Waals surface area contributed by atoms with Gasteiger partial charge in [-0.3, -0.25) is 14.5 Å². The van der Waals surface area contributed by atoms with E-state index in [9.17, 15) is 14.4 Å². The number of ether oxygens (including phenoxy) is 2. The predicted octanol–water partition coefficient (Wildman–Crippen LogP) is 1.64. The Bertz CT molecular complexity index is 841. The summed E-state index contributed by atoms with van der Waals surface area (Å²) in [6.07, 6.45) is 0. The minimum absolute atomic E-state index is 0.0244. The third-order valence-corrected chi connectivity index (χ3v) is 4.03. The number of fused-ring (bicyclic) bond motifs is 1. The van der Waals surface area contributed by atoms with Gasteiger partial charge in [0.15, 0.2) is 0 Å². The number of methoxy groups -OCH3 is 1. The first-order chi connectivity index (χ1) is 12.6. The van der Waals surface area contributed by atoms with Crippen molar-refractivity contribution >= 4 is 17.8 Å². The Hall–Kier alpha value is -3.19. The van der Waals surface area contributed by atoms with E-state index < -0.39 is 5.97 Å². The standard InChI is InChI=1S/C19H17NO6/c1-25-16-7-6-12(10-15(16)19(24)26-9-8-21)11-20-17(22)13-4-2-3-5-14(13)18(20)23/h2-7,10,21H,8-9,11H2,1H3. The van der Waals surface area contributed by atoms with Crippen molar-refractivity contribution in [1.82, 2.24) is 4.90 Å². The Morgan fingerprint density at radius 3 is 2.31 bits per heavy atom. The van der Waals surface area contributed by atoms with Gasteiger partial charge in [0.2, 0.25) is 0 Å². The number of rotatable bonds is 6. The van der Waals surface area contributed by atoms with E-state index in [2.05, 4.69) is 0 Å². The van der Waals surface area contributed by atoms with Gasteiger partial charge in [0.25, 0.3) is 11.8 Å². The van der Waals surface area contributed by atoms with Gasteiger partial charge in [0.1, 0.15) is 17.9 Å². The van der Waals surface area contributed by atoms with Crippen LogP contribution in [0.15, 0.2) is 42.5 Å². The van der Waals surface area contributed by atoms with Gasteiger partial charge in [-0.1, -0.05) is 18.2 Å². The molecule has 1 heterocycles. The number of aliphatic hydroxyl groups excluding tert-OH is 1. The molecular formula is C19H17NO6. The summed E-state index contributed by atoms with van der Waals surface area (Å²) in [6, 6.07) is 11.4. The zero-order valence-electron chi connectivity index (χ0n) is 14.1. The molecule has 134 valence electrons. The van der Waals surface area contributed by atoms with Crippen molar-refractivity contribution in [2.45, 2.75) is 6.54 Å². The molecule has 2 aromatic rings. The maximum Gasteiger partial charge on any atom is 0.342 e. The van der Waals surface area contributed by atoms with Crippen LogP contribution in [0.2, 0.25) is 0 Å². The monoisotopic (exact) mass is 355 g/mol. The van der Waals surface area contributed by atoms with Crippen LogP contribution in [-0.4, -0.2) is 48.1 Å². The van der Waals surface area contributed by atoms with Crippen molar-refractivity contribution in [3.05, 3.63) is 64.7 Å². The second-order valence-electron chi connectivity index (χ2n) is 5.64. The van der Waals surface area contributed by atoms with Gasteiger partial charge < -0.3 is 14.6 Å². The van der Waals surface area contributed by atoms with Crippen molar-refractivity contribution in [2.24, 2.45) is 0 Å². The van der Waals surface area contributed by atoms with E-state index in [4.69, 9.17) is 14.6 Å². The lowest BCUT2D eigenvalue weighted by atomic mass is 10.1. The van der Waals surface area contributed by atoms with Gasteiger partial charge in [-0.2, -0.15) is 0 Å². The maximum atomic E-state index is 12.5. The molecule has 0 radical (unpaired) electrons. The Morgan fingerprint density at radius 1 is 1.08 bits per heavy atom. The van der Waals surface area contributed by atoms with Gasteiger partial charge >= 0.3 is 5.97 Å². The zero-order valence-corrected chi connectivity index (χ0v) is 14.1. The van der Waals surface area contributed by atoms with Crippen LogP contribution in [0.3, 0.4) is 0 Å². The number of amides is 2. The van der Waals surface area contributed by atoms with Gasteiger partial charge in [0, 0.05) is 0 Å². The highest BCUT2D eigenvalue weighted by Crippen LogP contribution is 2.26. The van der Waals surface area contributed by atoms with Crippen LogP contribution in [-0.2, 0) is 11.3 Å². The average molecular weight is 355 g/mol. The number of hydrogen-bond donors (Lipinski definition) is 1. The molecule has 0 aliphatic carbocycles. The van der Waals surface area contributed by atoms with E-state index >= 15 is 0 Å². The van der Waals surface area contributed by atoms with Crippen LogP contribution in [0.5, 0.6) is 5.75 Å². The average Bonchev–Trinajstić information content (AvgIpc) is 2.91. The molecule has 7 nitrogen and oxygen atoms in total. The third-order valence-electron chi connectivity index (χ3n) is 4.03. The molecule has 0 aromatic heterocycles. The molecule has 7 heteroatoms. The number of nitrogens with zero attached hydrogens (tertiary/aromatic N) is 1. The highest BCUT2D eigenvalue weighted by molar-refractivity contribution is 6.21. The Balaban J connectivity index is 1.86. The lowest BCUT2D eigenvalue weighted by Crippen LogP contribution is -2.29. The lowest BCUT2D eigenvalue weighted by molar-refractivity contribution is 0.0430. The van der Waals surface area contributed by atoms with E-state index in [-0.39, 0.29) is 37.1 Å². The summed E-state index contributed by atoms with van der Waals surface area (Å²) in [5.74, 6) is -1.09. The molecular weight excluding hydrogens is 338 g/mol. The van der Waals surface area contributed by atoms with Crippen LogP contribution in [0, 0.1) is 0 Å². The number of aliphatic hydroxyl groups is 1. The minimum Gasteiger partial charge on any atom is -0.496 e. The highest BCUT2D eigenvalue weighted by Gasteiger charge is 2.35. The van der Waals surface area contributed by atoms with Crippen molar-refractivity contribution < 1.29 is 29.0 Å². The normalized spacial score (nSPS) is 12.9. The molecule has 0 spiro atoms. The molecule has 0 unspecified atom stereocenters. The Labute approximate surface area is 149 Å². The fourth-order valence-electron chi connectivity index (χ4n) is 2.79. The quantitative estimate of drug-likeness (QED) is 0.625. The molecule has 0 bridgehead atoms. The Morgan fingerprint density at radius 2 is 1.73 bits per heavy atom. The fourth-order valence-corrected chi connectivity index (χ4v) is 2.79. The van der Waals surface area contributed by atoms with E-state index in [0.717, 1.165) is 4.90 Å². The first kappa shape index (κ1) is 17.6. The van der Waals surface area contributed by atoms with E-state index in [1.54, 1.807) is 36.4 Å². The highest BCUT2D eigenvalue weighted by atomic mass is 16.5. The van der Waals surface area contributed by atoms with Gasteiger partial charge in [-0.05, 0) is 29.8 Å². The summed E-state index contributed by atoms with van der Waals surface area (Å²) in [5, 5.41) is 8.79. The topological polar surface area (TPSA) is 93.1 Å². The van der Waals surface area contributed by atoms with Crippen LogP contribution in [0.25, 0.3) is 0 Å². The summed E-state index contributed by atoms with van der Waals surface area (Å²) in [4.78, 5) is 38.2. The molecule has 0 atom stereocenters. The molecule has 1 aliphatic rings. The second kappa shape index (κ2) is 7.37. The second-order valence-corrected chi connectivity index (χ2v) is 5.64. The molecule has 1 aliphatic heterocycles. The Kier molecular flexibility index (Phi) is 4.99. The minimum atomic E-state index is -0.653. The number of esters is 1. The molecule has 2 aromatic carbocycles. The first-order valence-electron chi connectivity index (χ1n) is 7.97. The van der Waals surface area contributed by atoms with Gasteiger partial charge in [-0.15, -0.1) is 0 Å². The molecule has 3 rings (SSSR count). The fraction of sp³-hybridized carbons (Fsp3) is 0.211. The first-order valence-corrected chi connectivity index (χ1v) is 7.97. The molecule has 1 N–H and O–H groups in total. The summed E-state index contributed by atoms with van der Waals surface area (Å²) in [6.45, 7) is -0.399. The SMILES string of the molecule is COc1ccc(CN2C(=O)c3ccccc3C2=O)cc1C(=O)OCCO. The number of benzene rings is 2. The van der Waals surface area contributed by atoms with Gasteiger partial charge in [0.05, 0.1) is 31.4 Å². The number of carbonyl (C=O) groups excluding carboxylic acids is 3. The van der Waals surface area contributed by atoms with E-state index in [1.807, 2.05) is 0 Å². The summed E-state index contributed by atoms with van der Waals surface area (Å²) in [5.41, 5.74) is 1.48. The summed E-state index contributed by atoms with van der Waals surface area (Å²) < 4.78 is 10.1. The number of carbonyl (C=O) groups is 3. The zero-order chi connectivity index (χ0) is 18.7. The smallest absolute Gasteiger partial charge is 0.342 e. The molecule has 0 saturated heterocycles. The van der Waals surface area contributed by atoms with Gasteiger partial charge in [-0.25, -0.2) is 4.79 Å². The molecule has 0 fully saturated rings. The van der Waals surface area contributed by atoms with Crippen LogP contribution < -0.4 is 4.74 Å². The van der Waals surface area contributed by atoms with Crippen molar-refractivity contribution in [2.75, 3.05) is 20.3 Å². The summed E-state index contributed by atoms with van der Waals surface area (Å²) >= 11 is 0. The molecule has 2 amide bonds. The summed E-state index contributed by atoms with van der Waals surface area (Å²) in [7, 11) is 1.42. The van der Waals surface area contributed by atoms with Crippen molar-refractivity contribution in [1.29, 1.82) is 0 Å². The van der Waals surface area contributed by atoms with E-state index in [0.29, 0.717) is 22.4 Å². The van der Waals surface area contributed by atoms with Crippen molar-refractivity contribution in [3.8, 4) is 5.75 Å². The predicted molar refractivity (Wildman–Crippen MR) is 91.0 cm³/mol. The van der Waals surface area contributed by atoms with Crippen molar-refractivity contribution in [3.63, 3.8) is 0 Å². The van der Waals surface area contributed by atoms with Crippen LogP contribution in [0.1, 0.15) is 36.6 Å². The number of hydrogen-bond acceptors (Lipinski definition) is 6. The van der Waals surface area contributed by atoms with E-state index in [1.165, 1.54) is 13.2 Å². The molecule has 26 heavy (non-hydrogen) atoms. The number of imide groups is 1. The molecule has 0 saturated carbocycles. The lowest BCUT2D eigenvalue weighted by Gasteiger charge is -2.15. The largest absolute Gasteiger partial charge is 0.496 e. The van der Waals surface area contributed by atoms with Crippen LogP contribution >= 0.6 is 0 Å². The third kappa shape index (κ3) is 3.16. The van der Waals surface area contributed by atoms with Crippen LogP contribution in [0.4, 0.5) is 0 Å². The maximum absolute atomic E-state index is 12.5.